The molecule has 2 N–H and O–H groups in total. The molecule has 2 aliphatic rings. The van der Waals surface area contributed by atoms with E-state index in [2.05, 4.69) is 39.3 Å². The van der Waals surface area contributed by atoms with Crippen molar-refractivity contribution in [3.05, 3.63) is 0 Å². The van der Waals surface area contributed by atoms with Crippen LogP contribution in [-0.2, 0) is 4.79 Å². The van der Waals surface area contributed by atoms with Crippen LogP contribution in [0.2, 0.25) is 0 Å². The second-order valence-electron chi connectivity index (χ2n) is 8.50. The molecule has 0 spiro atoms. The van der Waals surface area contributed by atoms with Crippen LogP contribution in [0.15, 0.2) is 4.99 Å². The molecule has 2 rings (SSSR count). The Hall–Kier alpha value is -1.30. The van der Waals surface area contributed by atoms with Gasteiger partial charge in [0.05, 0.1) is 0 Å². The molecule has 0 aromatic carbocycles. The molecule has 1 amide bonds. The van der Waals surface area contributed by atoms with Crippen LogP contribution in [0.5, 0.6) is 0 Å². The first-order valence-electron chi connectivity index (χ1n) is 10.9. The number of rotatable bonds is 6. The Labute approximate surface area is 166 Å². The van der Waals surface area contributed by atoms with Crippen molar-refractivity contribution in [1.29, 1.82) is 0 Å². The fraction of sp³-hybridized carbons (Fsp3) is 0.905. The minimum atomic E-state index is 0.160. The highest BCUT2D eigenvalue weighted by atomic mass is 16.1. The Kier molecular flexibility index (Phi) is 9.39. The van der Waals surface area contributed by atoms with Gasteiger partial charge in [-0.1, -0.05) is 26.7 Å². The standard InChI is InChI=1S/C21H41N5O/c1-17(2)19(25-11-7-5-6-8-12-25)16-24-21(23-4)26-13-9-18(10-14-26)15-20(27)22-3/h17-19H,5-16H2,1-4H3,(H,22,27)(H,23,24). The summed E-state index contributed by atoms with van der Waals surface area (Å²) in [7, 11) is 3.61. The van der Waals surface area contributed by atoms with Crippen molar-refractivity contribution in [1.82, 2.24) is 20.4 Å². The molecule has 27 heavy (non-hydrogen) atoms. The lowest BCUT2D eigenvalue weighted by atomic mass is 9.93. The van der Waals surface area contributed by atoms with E-state index >= 15 is 0 Å². The first-order chi connectivity index (χ1) is 13.0. The number of nitrogens with zero attached hydrogens (tertiary/aromatic N) is 3. The average molecular weight is 380 g/mol. The number of nitrogens with one attached hydrogen (secondary N) is 2. The zero-order valence-corrected chi connectivity index (χ0v) is 18.0. The van der Waals surface area contributed by atoms with Crippen molar-refractivity contribution < 1.29 is 4.79 Å². The van der Waals surface area contributed by atoms with E-state index in [-0.39, 0.29) is 5.91 Å². The van der Waals surface area contributed by atoms with E-state index in [0.29, 0.717) is 24.3 Å². The molecular formula is C21H41N5O. The SMILES string of the molecule is CN=C(NCC(C(C)C)N1CCCCCC1)N1CCC(CC(=O)NC)CC1. The van der Waals surface area contributed by atoms with Crippen molar-refractivity contribution in [2.75, 3.05) is 46.8 Å². The first-order valence-corrected chi connectivity index (χ1v) is 10.9. The van der Waals surface area contributed by atoms with E-state index in [0.717, 1.165) is 38.4 Å². The van der Waals surface area contributed by atoms with Gasteiger partial charge in [0.2, 0.25) is 5.91 Å². The average Bonchev–Trinajstić information content (AvgIpc) is 2.95. The van der Waals surface area contributed by atoms with Crippen LogP contribution in [0.4, 0.5) is 0 Å². The molecular weight excluding hydrogens is 338 g/mol. The van der Waals surface area contributed by atoms with Crippen LogP contribution in [0.1, 0.15) is 58.8 Å². The molecule has 2 saturated heterocycles. The number of carbonyl (C=O) groups excluding carboxylic acids is 1. The van der Waals surface area contributed by atoms with Gasteiger partial charge in [0.1, 0.15) is 0 Å². The number of aliphatic imine (C=N–C) groups is 1. The van der Waals surface area contributed by atoms with Gasteiger partial charge >= 0.3 is 0 Å². The lowest BCUT2D eigenvalue weighted by Gasteiger charge is -2.37. The number of amides is 1. The molecule has 156 valence electrons. The van der Waals surface area contributed by atoms with E-state index in [1.54, 1.807) is 7.05 Å². The number of hydrogen-bond donors (Lipinski definition) is 2. The fourth-order valence-corrected chi connectivity index (χ4v) is 4.45. The van der Waals surface area contributed by atoms with E-state index in [9.17, 15) is 4.79 Å². The van der Waals surface area contributed by atoms with Gasteiger partial charge in [-0.05, 0) is 50.6 Å². The molecule has 2 fully saturated rings. The largest absolute Gasteiger partial charge is 0.359 e. The van der Waals surface area contributed by atoms with Gasteiger partial charge in [0.25, 0.3) is 0 Å². The topological polar surface area (TPSA) is 60.0 Å². The van der Waals surface area contributed by atoms with Crippen molar-refractivity contribution in [2.24, 2.45) is 16.8 Å². The third-order valence-corrected chi connectivity index (χ3v) is 6.23. The third kappa shape index (κ3) is 6.98. The summed E-state index contributed by atoms with van der Waals surface area (Å²) in [4.78, 5) is 21.2. The van der Waals surface area contributed by atoms with Crippen LogP contribution in [0.25, 0.3) is 0 Å². The minimum absolute atomic E-state index is 0.160. The molecule has 2 aliphatic heterocycles. The molecule has 2 heterocycles. The molecule has 0 saturated carbocycles. The van der Waals surface area contributed by atoms with Gasteiger partial charge in [-0.2, -0.15) is 0 Å². The summed E-state index contributed by atoms with van der Waals surface area (Å²) in [6.45, 7) is 10.1. The summed E-state index contributed by atoms with van der Waals surface area (Å²) in [5.74, 6) is 2.31. The quantitative estimate of drug-likeness (QED) is 0.549. The minimum Gasteiger partial charge on any atom is -0.359 e. The monoisotopic (exact) mass is 379 g/mol. The molecule has 0 radical (unpaired) electrons. The number of guanidine groups is 1. The number of piperidine rings is 1. The summed E-state index contributed by atoms with van der Waals surface area (Å²) < 4.78 is 0. The second kappa shape index (κ2) is 11.5. The van der Waals surface area contributed by atoms with Gasteiger partial charge in [-0.25, -0.2) is 0 Å². The van der Waals surface area contributed by atoms with Crippen LogP contribution in [0.3, 0.4) is 0 Å². The van der Waals surface area contributed by atoms with Gasteiger partial charge in [-0.15, -0.1) is 0 Å². The molecule has 1 unspecified atom stereocenters. The Morgan fingerprint density at radius 1 is 1.07 bits per heavy atom. The van der Waals surface area contributed by atoms with Gasteiger partial charge in [-0.3, -0.25) is 14.7 Å². The predicted molar refractivity (Wildman–Crippen MR) is 113 cm³/mol. The lowest BCUT2D eigenvalue weighted by Crippen LogP contribution is -2.52. The number of carbonyl (C=O) groups is 1. The zero-order valence-electron chi connectivity index (χ0n) is 18.0. The fourth-order valence-electron chi connectivity index (χ4n) is 4.45. The molecule has 0 bridgehead atoms. The van der Waals surface area contributed by atoms with Gasteiger partial charge < -0.3 is 15.5 Å². The maximum absolute atomic E-state index is 11.6. The van der Waals surface area contributed by atoms with E-state index < -0.39 is 0 Å². The summed E-state index contributed by atoms with van der Waals surface area (Å²) in [5, 5.41) is 6.40. The smallest absolute Gasteiger partial charge is 0.220 e. The highest BCUT2D eigenvalue weighted by molar-refractivity contribution is 5.80. The second-order valence-corrected chi connectivity index (χ2v) is 8.50. The van der Waals surface area contributed by atoms with E-state index in [4.69, 9.17) is 0 Å². The normalized spacial score (nSPS) is 21.8. The molecule has 0 aliphatic carbocycles. The lowest BCUT2D eigenvalue weighted by molar-refractivity contribution is -0.121. The zero-order chi connectivity index (χ0) is 19.6. The highest BCUT2D eigenvalue weighted by Gasteiger charge is 2.26. The maximum Gasteiger partial charge on any atom is 0.220 e. The highest BCUT2D eigenvalue weighted by Crippen LogP contribution is 2.21. The van der Waals surface area contributed by atoms with Crippen molar-refractivity contribution in [2.45, 2.75) is 64.8 Å². The summed E-state index contributed by atoms with van der Waals surface area (Å²) in [6.07, 6.45) is 8.19. The Morgan fingerprint density at radius 2 is 1.70 bits per heavy atom. The Morgan fingerprint density at radius 3 is 2.22 bits per heavy atom. The predicted octanol–water partition coefficient (Wildman–Crippen LogP) is 2.31. The van der Waals surface area contributed by atoms with Crippen molar-refractivity contribution in [3.8, 4) is 0 Å². The van der Waals surface area contributed by atoms with Crippen LogP contribution in [0, 0.1) is 11.8 Å². The van der Waals surface area contributed by atoms with Crippen molar-refractivity contribution in [3.63, 3.8) is 0 Å². The van der Waals surface area contributed by atoms with E-state index in [1.165, 1.54) is 38.8 Å². The summed E-state index contributed by atoms with van der Waals surface area (Å²) in [5.41, 5.74) is 0. The molecule has 0 aromatic heterocycles. The van der Waals surface area contributed by atoms with Gasteiger partial charge in [0, 0.05) is 46.2 Å². The molecule has 6 heteroatoms. The molecule has 0 aromatic rings. The molecule has 6 nitrogen and oxygen atoms in total. The van der Waals surface area contributed by atoms with Crippen LogP contribution >= 0.6 is 0 Å². The van der Waals surface area contributed by atoms with E-state index in [1.807, 2.05) is 7.05 Å². The van der Waals surface area contributed by atoms with Crippen LogP contribution in [-0.4, -0.2) is 74.5 Å². The summed E-state index contributed by atoms with van der Waals surface area (Å²) in [6, 6.07) is 0.561. The number of likely N-dealkylation sites (tertiary alicyclic amines) is 2. The Balaban J connectivity index is 1.84. The first kappa shape index (κ1) is 22.0. The maximum atomic E-state index is 11.6. The number of hydrogen-bond acceptors (Lipinski definition) is 3. The summed E-state index contributed by atoms with van der Waals surface area (Å²) >= 11 is 0. The van der Waals surface area contributed by atoms with Crippen LogP contribution < -0.4 is 10.6 Å². The van der Waals surface area contributed by atoms with Crippen molar-refractivity contribution >= 4 is 11.9 Å². The van der Waals surface area contributed by atoms with Gasteiger partial charge in [0.15, 0.2) is 5.96 Å². The Bertz CT molecular complexity index is 463. The third-order valence-electron chi connectivity index (χ3n) is 6.23. The molecule has 1 atom stereocenters.